The zero-order valence-corrected chi connectivity index (χ0v) is 6.81. The van der Waals surface area contributed by atoms with Crippen molar-refractivity contribution >= 4 is 23.8 Å². The van der Waals surface area contributed by atoms with Crippen LogP contribution < -0.4 is 16.9 Å². The highest BCUT2D eigenvalue weighted by Gasteiger charge is 2.01. The second kappa shape index (κ2) is 3.52. The summed E-state index contributed by atoms with van der Waals surface area (Å²) in [6.45, 7) is 1.22. The first-order chi connectivity index (χ1) is 6.08. The SMILES string of the molecule is CC(=O)ONc1nc(N)nc(N)n1. The summed E-state index contributed by atoms with van der Waals surface area (Å²) < 4.78 is 0. The third kappa shape index (κ3) is 2.77. The molecule has 70 valence electrons. The Kier molecular flexibility index (Phi) is 2.43. The maximum Gasteiger partial charge on any atom is 0.329 e. The maximum absolute atomic E-state index is 10.4. The van der Waals surface area contributed by atoms with Crippen molar-refractivity contribution < 1.29 is 9.63 Å². The van der Waals surface area contributed by atoms with E-state index in [1.165, 1.54) is 6.92 Å². The van der Waals surface area contributed by atoms with Crippen LogP contribution >= 0.6 is 0 Å². The zero-order valence-electron chi connectivity index (χ0n) is 6.81. The molecule has 1 aromatic heterocycles. The lowest BCUT2D eigenvalue weighted by Gasteiger charge is -2.03. The van der Waals surface area contributed by atoms with Crippen LogP contribution in [-0.2, 0) is 9.63 Å². The number of nitrogens with one attached hydrogen (secondary N) is 1. The van der Waals surface area contributed by atoms with E-state index in [0.717, 1.165) is 0 Å². The highest BCUT2D eigenvalue weighted by Crippen LogP contribution is 2.02. The Morgan fingerprint density at radius 1 is 1.31 bits per heavy atom. The Labute approximate surface area is 73.3 Å². The summed E-state index contributed by atoms with van der Waals surface area (Å²) in [5.74, 6) is -0.651. The lowest BCUT2D eigenvalue weighted by molar-refractivity contribution is -0.138. The number of hydrogen-bond donors (Lipinski definition) is 3. The molecule has 0 amide bonds. The second-order valence-electron chi connectivity index (χ2n) is 2.07. The monoisotopic (exact) mass is 184 g/mol. The second-order valence-corrected chi connectivity index (χ2v) is 2.07. The number of rotatable bonds is 2. The standard InChI is InChI=1S/C5H8N6O2/c1-2(12)13-11-5-9-3(6)8-4(7)10-5/h1H3,(H5,6,7,8,9,10,11). The molecule has 0 aliphatic heterocycles. The Bertz CT molecular complexity index is 307. The van der Waals surface area contributed by atoms with Crippen molar-refractivity contribution in [3.05, 3.63) is 0 Å². The molecule has 1 rings (SSSR count). The van der Waals surface area contributed by atoms with Crippen LogP contribution in [0.15, 0.2) is 0 Å². The largest absolute Gasteiger partial charge is 0.368 e. The highest BCUT2D eigenvalue weighted by molar-refractivity contribution is 5.66. The van der Waals surface area contributed by atoms with E-state index in [2.05, 4.69) is 25.3 Å². The summed E-state index contributed by atoms with van der Waals surface area (Å²) in [6, 6.07) is 0. The molecular formula is C5H8N6O2. The quantitative estimate of drug-likeness (QED) is 0.495. The van der Waals surface area contributed by atoms with Gasteiger partial charge in [0.15, 0.2) is 0 Å². The summed E-state index contributed by atoms with van der Waals surface area (Å²) in [6.07, 6.45) is 0. The molecule has 0 aliphatic carbocycles. The topological polar surface area (TPSA) is 129 Å². The fourth-order valence-electron chi connectivity index (χ4n) is 0.573. The summed E-state index contributed by atoms with van der Waals surface area (Å²) in [4.78, 5) is 25.5. The molecule has 8 heteroatoms. The van der Waals surface area contributed by atoms with Gasteiger partial charge in [0.25, 0.3) is 5.95 Å². The van der Waals surface area contributed by atoms with Gasteiger partial charge in [0, 0.05) is 6.92 Å². The molecule has 0 aliphatic rings. The van der Waals surface area contributed by atoms with E-state index >= 15 is 0 Å². The van der Waals surface area contributed by atoms with Crippen molar-refractivity contribution in [2.45, 2.75) is 6.92 Å². The van der Waals surface area contributed by atoms with Crippen molar-refractivity contribution in [3.63, 3.8) is 0 Å². The minimum atomic E-state index is -0.530. The molecule has 0 fully saturated rings. The van der Waals surface area contributed by atoms with Crippen LogP contribution in [-0.4, -0.2) is 20.9 Å². The predicted molar refractivity (Wildman–Crippen MR) is 44.0 cm³/mol. The molecular weight excluding hydrogens is 176 g/mol. The molecule has 0 atom stereocenters. The number of aromatic nitrogens is 3. The Morgan fingerprint density at radius 3 is 2.31 bits per heavy atom. The molecule has 1 heterocycles. The van der Waals surface area contributed by atoms with E-state index in [1.807, 2.05) is 0 Å². The van der Waals surface area contributed by atoms with E-state index < -0.39 is 5.97 Å². The molecule has 0 saturated carbocycles. The Balaban J connectivity index is 2.71. The fourth-order valence-corrected chi connectivity index (χ4v) is 0.573. The van der Waals surface area contributed by atoms with Crippen molar-refractivity contribution in [2.75, 3.05) is 16.9 Å². The number of anilines is 3. The van der Waals surface area contributed by atoms with Crippen molar-refractivity contribution in [1.82, 2.24) is 15.0 Å². The number of nitrogens with zero attached hydrogens (tertiary/aromatic N) is 3. The van der Waals surface area contributed by atoms with Crippen molar-refractivity contribution in [2.24, 2.45) is 0 Å². The van der Waals surface area contributed by atoms with E-state index in [-0.39, 0.29) is 17.8 Å². The van der Waals surface area contributed by atoms with Gasteiger partial charge in [-0.3, -0.25) is 4.79 Å². The van der Waals surface area contributed by atoms with E-state index in [0.29, 0.717) is 0 Å². The molecule has 1 aromatic rings. The van der Waals surface area contributed by atoms with Gasteiger partial charge in [0.2, 0.25) is 11.9 Å². The smallest absolute Gasteiger partial charge is 0.329 e. The van der Waals surface area contributed by atoms with Crippen LogP contribution in [0.2, 0.25) is 0 Å². The van der Waals surface area contributed by atoms with E-state index in [4.69, 9.17) is 11.5 Å². The molecule has 8 nitrogen and oxygen atoms in total. The van der Waals surface area contributed by atoms with Gasteiger partial charge in [-0.25, -0.2) is 0 Å². The molecule has 0 bridgehead atoms. The lowest BCUT2D eigenvalue weighted by atomic mass is 10.8. The van der Waals surface area contributed by atoms with Gasteiger partial charge in [0.05, 0.1) is 0 Å². The van der Waals surface area contributed by atoms with Crippen LogP contribution in [0.3, 0.4) is 0 Å². The molecule has 0 radical (unpaired) electrons. The third-order valence-electron chi connectivity index (χ3n) is 0.956. The highest BCUT2D eigenvalue weighted by atomic mass is 16.7. The molecule has 0 unspecified atom stereocenters. The van der Waals surface area contributed by atoms with Gasteiger partial charge in [0.1, 0.15) is 0 Å². The van der Waals surface area contributed by atoms with Gasteiger partial charge in [-0.2, -0.15) is 20.4 Å². The van der Waals surface area contributed by atoms with Gasteiger partial charge < -0.3 is 16.3 Å². The first-order valence-corrected chi connectivity index (χ1v) is 3.28. The summed E-state index contributed by atoms with van der Waals surface area (Å²) in [5, 5.41) is 0. The maximum atomic E-state index is 10.4. The van der Waals surface area contributed by atoms with Gasteiger partial charge >= 0.3 is 5.97 Å². The summed E-state index contributed by atoms with van der Waals surface area (Å²) >= 11 is 0. The summed E-state index contributed by atoms with van der Waals surface area (Å²) in [5.41, 5.74) is 12.6. The average molecular weight is 184 g/mol. The number of hydrogen-bond acceptors (Lipinski definition) is 8. The van der Waals surface area contributed by atoms with Crippen LogP contribution in [0, 0.1) is 0 Å². The number of carbonyl (C=O) groups is 1. The number of carbonyl (C=O) groups excluding carboxylic acids is 1. The number of nitrogens with two attached hydrogens (primary N) is 2. The minimum Gasteiger partial charge on any atom is -0.368 e. The van der Waals surface area contributed by atoms with Crippen LogP contribution in [0.4, 0.5) is 17.8 Å². The molecule has 13 heavy (non-hydrogen) atoms. The average Bonchev–Trinajstić information content (AvgIpc) is 1.99. The predicted octanol–water partition coefficient (Wildman–Crippen LogP) is -1.07. The van der Waals surface area contributed by atoms with E-state index in [1.54, 1.807) is 0 Å². The minimum absolute atomic E-state index is 0.0137. The molecule has 0 aromatic carbocycles. The van der Waals surface area contributed by atoms with Gasteiger partial charge in [-0.15, -0.1) is 0 Å². The van der Waals surface area contributed by atoms with Crippen LogP contribution in [0.5, 0.6) is 0 Å². The molecule has 0 saturated heterocycles. The Hall–Kier alpha value is -2.12. The van der Waals surface area contributed by atoms with Gasteiger partial charge in [-0.1, -0.05) is 0 Å². The van der Waals surface area contributed by atoms with Crippen LogP contribution in [0.25, 0.3) is 0 Å². The zero-order chi connectivity index (χ0) is 9.84. The third-order valence-corrected chi connectivity index (χ3v) is 0.956. The number of nitrogen functional groups attached to an aromatic ring is 2. The van der Waals surface area contributed by atoms with E-state index in [9.17, 15) is 4.79 Å². The first-order valence-electron chi connectivity index (χ1n) is 3.28. The lowest BCUT2D eigenvalue weighted by Crippen LogP contribution is -2.12. The van der Waals surface area contributed by atoms with Crippen LogP contribution in [0.1, 0.15) is 6.92 Å². The van der Waals surface area contributed by atoms with Crippen molar-refractivity contribution in [1.29, 1.82) is 0 Å². The molecule has 0 spiro atoms. The van der Waals surface area contributed by atoms with Crippen molar-refractivity contribution in [3.8, 4) is 0 Å². The summed E-state index contributed by atoms with van der Waals surface area (Å²) in [7, 11) is 0. The molecule has 5 N–H and O–H groups in total. The first kappa shape index (κ1) is 8.97. The fraction of sp³-hybridized carbons (Fsp3) is 0.200. The normalized spacial score (nSPS) is 9.31. The Morgan fingerprint density at radius 2 is 1.85 bits per heavy atom. The van der Waals surface area contributed by atoms with Gasteiger partial charge in [-0.05, 0) is 0 Å².